The lowest BCUT2D eigenvalue weighted by Crippen LogP contribution is -2.34. The molecular weight excluding hydrogens is 318 g/mol. The van der Waals surface area contributed by atoms with Gasteiger partial charge in [-0.15, -0.1) is 0 Å². The molecule has 0 radical (unpaired) electrons. The number of likely N-dealkylation sites (tertiary alicyclic amines) is 1. The van der Waals surface area contributed by atoms with E-state index in [4.69, 9.17) is 11.6 Å². The summed E-state index contributed by atoms with van der Waals surface area (Å²) >= 11 is 6.01. The number of benzene rings is 2. The Bertz CT molecular complexity index is 703. The summed E-state index contributed by atoms with van der Waals surface area (Å²) in [5, 5.41) is 0.760. The molecule has 1 amide bonds. The summed E-state index contributed by atoms with van der Waals surface area (Å²) in [6.07, 6.45) is 3.35. The average molecular weight is 342 g/mol. The second-order valence-electron chi connectivity index (χ2n) is 6.87. The van der Waals surface area contributed by atoms with Gasteiger partial charge in [-0.1, -0.05) is 47.3 Å². The lowest BCUT2D eigenvalue weighted by Gasteiger charge is -2.25. The lowest BCUT2D eigenvalue weighted by atomic mass is 9.94. The van der Waals surface area contributed by atoms with Gasteiger partial charge in [-0.2, -0.15) is 0 Å². The Balaban J connectivity index is 1.81. The van der Waals surface area contributed by atoms with Gasteiger partial charge >= 0.3 is 0 Å². The molecule has 1 aliphatic rings. The monoisotopic (exact) mass is 341 g/mol. The fraction of sp³-hybridized carbons (Fsp3) is 0.381. The zero-order valence-corrected chi connectivity index (χ0v) is 15.1. The topological polar surface area (TPSA) is 20.3 Å². The SMILES string of the molecule is Cc1cc(C)cc(C(=O)N2CCCCC(c3ccc(Cl)cc3)C2)c1. The first-order valence-electron chi connectivity index (χ1n) is 8.66. The molecular formula is C21H24ClNO. The van der Waals surface area contributed by atoms with Crippen LogP contribution in [0.2, 0.25) is 5.02 Å². The van der Waals surface area contributed by atoms with Crippen molar-refractivity contribution >= 4 is 17.5 Å². The maximum atomic E-state index is 13.0. The summed E-state index contributed by atoms with van der Waals surface area (Å²) in [5.74, 6) is 0.544. The Hall–Kier alpha value is -1.80. The van der Waals surface area contributed by atoms with E-state index in [-0.39, 0.29) is 5.91 Å². The summed E-state index contributed by atoms with van der Waals surface area (Å²) in [6, 6.07) is 14.2. The third-order valence-electron chi connectivity index (χ3n) is 4.77. The average Bonchev–Trinajstić information content (AvgIpc) is 2.80. The highest BCUT2D eigenvalue weighted by Gasteiger charge is 2.24. The van der Waals surface area contributed by atoms with Crippen molar-refractivity contribution < 1.29 is 4.79 Å². The Labute approximate surface area is 149 Å². The summed E-state index contributed by atoms with van der Waals surface area (Å²) in [5.41, 5.74) is 4.37. The third-order valence-corrected chi connectivity index (χ3v) is 5.02. The predicted molar refractivity (Wildman–Crippen MR) is 99.9 cm³/mol. The predicted octanol–water partition coefficient (Wildman–Crippen LogP) is 5.37. The van der Waals surface area contributed by atoms with Gasteiger partial charge in [0.15, 0.2) is 0 Å². The summed E-state index contributed by atoms with van der Waals surface area (Å²) in [7, 11) is 0. The Morgan fingerprint density at radius 2 is 1.71 bits per heavy atom. The molecule has 0 saturated carbocycles. The third kappa shape index (κ3) is 3.99. The first-order valence-corrected chi connectivity index (χ1v) is 9.04. The second-order valence-corrected chi connectivity index (χ2v) is 7.31. The van der Waals surface area contributed by atoms with Gasteiger partial charge in [0.05, 0.1) is 0 Å². The Morgan fingerprint density at radius 3 is 2.38 bits per heavy atom. The molecule has 3 rings (SSSR count). The Morgan fingerprint density at radius 1 is 1.04 bits per heavy atom. The van der Waals surface area contributed by atoms with E-state index < -0.39 is 0 Å². The van der Waals surface area contributed by atoms with Gasteiger partial charge in [-0.05, 0) is 56.5 Å². The van der Waals surface area contributed by atoms with Crippen LogP contribution in [0.4, 0.5) is 0 Å². The molecule has 1 fully saturated rings. The van der Waals surface area contributed by atoms with Crippen molar-refractivity contribution in [3.05, 3.63) is 69.7 Å². The Kier molecular flexibility index (Phi) is 5.25. The molecule has 2 aromatic carbocycles. The van der Waals surface area contributed by atoms with Gasteiger partial charge in [-0.3, -0.25) is 4.79 Å². The van der Waals surface area contributed by atoms with Gasteiger partial charge in [0, 0.05) is 29.6 Å². The molecule has 3 heteroatoms. The van der Waals surface area contributed by atoms with Gasteiger partial charge < -0.3 is 4.90 Å². The molecule has 0 N–H and O–H groups in total. The first kappa shape index (κ1) is 17.0. The maximum absolute atomic E-state index is 13.0. The van der Waals surface area contributed by atoms with E-state index in [9.17, 15) is 4.79 Å². The number of amides is 1. The van der Waals surface area contributed by atoms with Crippen molar-refractivity contribution in [3.63, 3.8) is 0 Å². The van der Waals surface area contributed by atoms with Crippen LogP contribution in [0.5, 0.6) is 0 Å². The van der Waals surface area contributed by atoms with E-state index in [1.165, 1.54) is 5.56 Å². The molecule has 0 aromatic heterocycles. The zero-order chi connectivity index (χ0) is 17.1. The minimum Gasteiger partial charge on any atom is -0.338 e. The van der Waals surface area contributed by atoms with Crippen molar-refractivity contribution in [1.29, 1.82) is 0 Å². The van der Waals surface area contributed by atoms with Crippen LogP contribution in [0.15, 0.2) is 42.5 Å². The van der Waals surface area contributed by atoms with Gasteiger partial charge in [0.1, 0.15) is 0 Å². The standard InChI is InChI=1S/C21H24ClNO/c1-15-11-16(2)13-19(12-15)21(24)23-10-4-3-5-18(14-23)17-6-8-20(22)9-7-17/h6-9,11-13,18H,3-5,10,14H2,1-2H3. The van der Waals surface area contributed by atoms with Crippen LogP contribution >= 0.6 is 11.6 Å². The summed E-state index contributed by atoms with van der Waals surface area (Å²) in [4.78, 5) is 15.0. The number of carbonyl (C=O) groups is 1. The van der Waals surface area contributed by atoms with Crippen LogP contribution in [-0.2, 0) is 0 Å². The van der Waals surface area contributed by atoms with Gasteiger partial charge in [0.25, 0.3) is 5.91 Å². The molecule has 1 unspecified atom stereocenters. The minimum absolute atomic E-state index is 0.155. The van der Waals surface area contributed by atoms with Crippen molar-refractivity contribution in [2.24, 2.45) is 0 Å². The van der Waals surface area contributed by atoms with Gasteiger partial charge in [-0.25, -0.2) is 0 Å². The lowest BCUT2D eigenvalue weighted by molar-refractivity contribution is 0.0754. The maximum Gasteiger partial charge on any atom is 0.253 e. The molecule has 1 saturated heterocycles. The van der Waals surface area contributed by atoms with E-state index in [1.54, 1.807) is 0 Å². The number of carbonyl (C=O) groups excluding carboxylic acids is 1. The quantitative estimate of drug-likeness (QED) is 0.719. The number of aryl methyl sites for hydroxylation is 2. The largest absolute Gasteiger partial charge is 0.338 e. The van der Waals surface area contributed by atoms with Crippen LogP contribution in [0.25, 0.3) is 0 Å². The molecule has 0 bridgehead atoms. The first-order chi connectivity index (χ1) is 11.5. The van der Waals surface area contributed by atoms with Crippen LogP contribution in [0, 0.1) is 13.8 Å². The van der Waals surface area contributed by atoms with Crippen molar-refractivity contribution in [1.82, 2.24) is 4.90 Å². The van der Waals surface area contributed by atoms with Crippen molar-refractivity contribution in [2.45, 2.75) is 39.0 Å². The number of hydrogen-bond acceptors (Lipinski definition) is 1. The number of nitrogens with zero attached hydrogens (tertiary/aromatic N) is 1. The van der Waals surface area contributed by atoms with E-state index in [0.29, 0.717) is 5.92 Å². The molecule has 0 aliphatic carbocycles. The molecule has 2 nitrogen and oxygen atoms in total. The molecule has 2 aromatic rings. The van der Waals surface area contributed by atoms with Crippen LogP contribution in [-0.4, -0.2) is 23.9 Å². The van der Waals surface area contributed by atoms with Crippen LogP contribution in [0.3, 0.4) is 0 Å². The minimum atomic E-state index is 0.155. The fourth-order valence-electron chi connectivity index (χ4n) is 3.61. The molecule has 1 atom stereocenters. The highest BCUT2D eigenvalue weighted by atomic mass is 35.5. The van der Waals surface area contributed by atoms with E-state index in [2.05, 4.69) is 18.2 Å². The normalized spacial score (nSPS) is 18.3. The number of halogens is 1. The van der Waals surface area contributed by atoms with E-state index in [1.807, 2.05) is 43.0 Å². The molecule has 1 aliphatic heterocycles. The molecule has 1 heterocycles. The van der Waals surface area contributed by atoms with E-state index in [0.717, 1.165) is 54.1 Å². The highest BCUT2D eigenvalue weighted by Crippen LogP contribution is 2.28. The zero-order valence-electron chi connectivity index (χ0n) is 14.4. The van der Waals surface area contributed by atoms with E-state index >= 15 is 0 Å². The van der Waals surface area contributed by atoms with Crippen LogP contribution < -0.4 is 0 Å². The second kappa shape index (κ2) is 7.40. The highest BCUT2D eigenvalue weighted by molar-refractivity contribution is 6.30. The summed E-state index contributed by atoms with van der Waals surface area (Å²) in [6.45, 7) is 5.72. The fourth-order valence-corrected chi connectivity index (χ4v) is 3.74. The number of rotatable bonds is 2. The number of hydrogen-bond donors (Lipinski definition) is 0. The summed E-state index contributed by atoms with van der Waals surface area (Å²) < 4.78 is 0. The van der Waals surface area contributed by atoms with Crippen molar-refractivity contribution in [3.8, 4) is 0 Å². The smallest absolute Gasteiger partial charge is 0.253 e. The molecule has 0 spiro atoms. The van der Waals surface area contributed by atoms with Gasteiger partial charge in [0.2, 0.25) is 0 Å². The van der Waals surface area contributed by atoms with Crippen molar-refractivity contribution in [2.75, 3.05) is 13.1 Å². The molecule has 24 heavy (non-hydrogen) atoms. The van der Waals surface area contributed by atoms with Crippen LogP contribution in [0.1, 0.15) is 52.2 Å². The molecule has 126 valence electrons.